The van der Waals surface area contributed by atoms with Crippen LogP contribution in [0.25, 0.3) is 16.9 Å². The fourth-order valence-corrected chi connectivity index (χ4v) is 3.86. The van der Waals surface area contributed by atoms with Crippen molar-refractivity contribution >= 4 is 17.4 Å². The number of amides is 1. The number of ether oxygens (including phenoxy) is 1. The molecule has 1 N–H and O–H groups in total. The Morgan fingerprint density at radius 2 is 1.97 bits per heavy atom. The van der Waals surface area contributed by atoms with Gasteiger partial charge in [0.2, 0.25) is 5.91 Å². The van der Waals surface area contributed by atoms with E-state index in [9.17, 15) is 9.18 Å². The van der Waals surface area contributed by atoms with Gasteiger partial charge in [-0.05, 0) is 44.0 Å². The highest BCUT2D eigenvalue weighted by Crippen LogP contribution is 2.27. The molecular weight excluding hydrogens is 385 g/mol. The van der Waals surface area contributed by atoms with Crippen LogP contribution >= 0.6 is 0 Å². The minimum Gasteiger partial charge on any atom is -0.383 e. The molecule has 8 heteroatoms. The highest BCUT2D eigenvalue weighted by Gasteiger charge is 2.26. The number of aromatic nitrogens is 3. The molecule has 158 valence electrons. The van der Waals surface area contributed by atoms with E-state index in [2.05, 4.69) is 15.2 Å². The molecule has 2 aromatic heterocycles. The van der Waals surface area contributed by atoms with Gasteiger partial charge in [-0.2, -0.15) is 9.61 Å². The van der Waals surface area contributed by atoms with Gasteiger partial charge < -0.3 is 15.0 Å². The van der Waals surface area contributed by atoms with Crippen molar-refractivity contribution in [1.29, 1.82) is 0 Å². The zero-order valence-corrected chi connectivity index (χ0v) is 17.3. The van der Waals surface area contributed by atoms with Crippen LogP contribution in [-0.2, 0) is 9.53 Å². The lowest BCUT2D eigenvalue weighted by Gasteiger charge is -2.33. The maximum absolute atomic E-state index is 13.3. The average molecular weight is 411 g/mol. The van der Waals surface area contributed by atoms with E-state index >= 15 is 0 Å². The van der Waals surface area contributed by atoms with E-state index in [1.807, 2.05) is 23.6 Å². The largest absolute Gasteiger partial charge is 0.383 e. The Balaban J connectivity index is 1.53. The number of fused-ring (bicyclic) bond motifs is 1. The van der Waals surface area contributed by atoms with Crippen LogP contribution in [-0.4, -0.2) is 53.9 Å². The highest BCUT2D eigenvalue weighted by atomic mass is 19.1. The number of aryl methyl sites for hydroxylation is 1. The first-order chi connectivity index (χ1) is 14.5. The molecule has 1 aromatic carbocycles. The van der Waals surface area contributed by atoms with E-state index in [0.29, 0.717) is 13.2 Å². The molecule has 3 aromatic rings. The maximum Gasteiger partial charge on any atom is 0.223 e. The van der Waals surface area contributed by atoms with Gasteiger partial charge >= 0.3 is 0 Å². The van der Waals surface area contributed by atoms with Gasteiger partial charge in [-0.25, -0.2) is 9.37 Å². The summed E-state index contributed by atoms with van der Waals surface area (Å²) in [5, 5.41) is 7.67. The summed E-state index contributed by atoms with van der Waals surface area (Å²) in [6.45, 7) is 4.57. The van der Waals surface area contributed by atoms with Gasteiger partial charge in [0.15, 0.2) is 5.65 Å². The fraction of sp³-hybridized carbons (Fsp3) is 0.409. The number of nitrogens with zero attached hydrogens (tertiary/aromatic N) is 4. The second-order valence-electron chi connectivity index (χ2n) is 7.61. The summed E-state index contributed by atoms with van der Waals surface area (Å²) in [5.74, 6) is 0.805. The van der Waals surface area contributed by atoms with E-state index in [4.69, 9.17) is 9.84 Å². The third kappa shape index (κ3) is 4.28. The molecule has 30 heavy (non-hydrogen) atoms. The Hall–Kier alpha value is -3.00. The van der Waals surface area contributed by atoms with E-state index in [0.717, 1.165) is 54.3 Å². The second-order valence-corrected chi connectivity index (χ2v) is 7.61. The molecule has 0 aliphatic carbocycles. The van der Waals surface area contributed by atoms with Crippen LogP contribution in [0.2, 0.25) is 0 Å². The number of benzene rings is 1. The Labute approximate surface area is 174 Å². The third-order valence-corrected chi connectivity index (χ3v) is 5.47. The molecule has 0 unspecified atom stereocenters. The van der Waals surface area contributed by atoms with Crippen molar-refractivity contribution in [3.8, 4) is 11.3 Å². The van der Waals surface area contributed by atoms with Crippen molar-refractivity contribution in [2.45, 2.75) is 19.8 Å². The van der Waals surface area contributed by atoms with Gasteiger partial charge in [0, 0.05) is 56.1 Å². The van der Waals surface area contributed by atoms with Crippen LogP contribution < -0.4 is 10.2 Å². The van der Waals surface area contributed by atoms with E-state index < -0.39 is 0 Å². The molecule has 1 aliphatic rings. The molecule has 7 nitrogen and oxygen atoms in total. The summed E-state index contributed by atoms with van der Waals surface area (Å²) in [5.41, 5.74) is 3.25. The standard InChI is InChI=1S/C22H26FN5O2/c1-15-13-21(27-10-7-17(8-11-27)22(29)24-9-12-30-2)28-20(25-15)14-19(26-28)16-3-5-18(23)6-4-16/h3-6,13-14,17H,7-12H2,1-2H3,(H,24,29). The molecule has 0 saturated carbocycles. The van der Waals surface area contributed by atoms with Crippen molar-refractivity contribution in [3.63, 3.8) is 0 Å². The minimum absolute atomic E-state index is 0.0175. The molecule has 0 spiro atoms. The van der Waals surface area contributed by atoms with Gasteiger partial charge in [-0.3, -0.25) is 4.79 Å². The lowest BCUT2D eigenvalue weighted by atomic mass is 9.96. The number of carbonyl (C=O) groups is 1. The van der Waals surface area contributed by atoms with Crippen molar-refractivity contribution in [3.05, 3.63) is 47.9 Å². The summed E-state index contributed by atoms with van der Waals surface area (Å²) >= 11 is 0. The zero-order chi connectivity index (χ0) is 21.1. The lowest BCUT2D eigenvalue weighted by molar-refractivity contribution is -0.125. The van der Waals surface area contributed by atoms with Crippen LogP contribution in [0.1, 0.15) is 18.5 Å². The van der Waals surface area contributed by atoms with E-state index in [-0.39, 0.29) is 17.6 Å². The predicted octanol–water partition coefficient (Wildman–Crippen LogP) is 2.82. The number of methoxy groups -OCH3 is 1. The molecule has 0 radical (unpaired) electrons. The average Bonchev–Trinajstić information content (AvgIpc) is 3.17. The number of piperidine rings is 1. The van der Waals surface area contributed by atoms with Gasteiger partial charge in [-0.1, -0.05) is 0 Å². The Kier molecular flexibility index (Phi) is 5.94. The number of carbonyl (C=O) groups excluding carboxylic acids is 1. The molecule has 1 aliphatic heterocycles. The zero-order valence-electron chi connectivity index (χ0n) is 17.3. The van der Waals surface area contributed by atoms with Crippen LogP contribution in [0.5, 0.6) is 0 Å². The quantitative estimate of drug-likeness (QED) is 0.632. The molecule has 0 atom stereocenters. The van der Waals surface area contributed by atoms with Gasteiger partial charge in [-0.15, -0.1) is 0 Å². The topological polar surface area (TPSA) is 71.8 Å². The lowest BCUT2D eigenvalue weighted by Crippen LogP contribution is -2.42. The SMILES string of the molecule is COCCNC(=O)C1CCN(c2cc(C)nc3cc(-c4ccc(F)cc4)nn23)CC1. The van der Waals surface area contributed by atoms with Crippen molar-refractivity contribution in [1.82, 2.24) is 19.9 Å². The molecule has 1 saturated heterocycles. The molecular formula is C22H26FN5O2. The van der Waals surface area contributed by atoms with Crippen LogP contribution in [0.15, 0.2) is 36.4 Å². The Morgan fingerprint density at radius 1 is 1.23 bits per heavy atom. The van der Waals surface area contributed by atoms with Gasteiger partial charge in [0.05, 0.1) is 12.3 Å². The summed E-state index contributed by atoms with van der Waals surface area (Å²) in [4.78, 5) is 19.2. The number of halogens is 1. The van der Waals surface area contributed by atoms with Gasteiger partial charge in [0.1, 0.15) is 11.6 Å². The molecule has 1 fully saturated rings. The smallest absolute Gasteiger partial charge is 0.223 e. The van der Waals surface area contributed by atoms with Crippen molar-refractivity contribution in [2.24, 2.45) is 5.92 Å². The van der Waals surface area contributed by atoms with E-state index in [1.165, 1.54) is 12.1 Å². The Bertz CT molecular complexity index is 1030. The Morgan fingerprint density at radius 3 is 2.67 bits per heavy atom. The summed E-state index contributed by atoms with van der Waals surface area (Å²) in [6, 6.07) is 10.2. The molecule has 0 bridgehead atoms. The second kappa shape index (κ2) is 8.79. The first-order valence-electron chi connectivity index (χ1n) is 10.2. The van der Waals surface area contributed by atoms with Crippen molar-refractivity contribution < 1.29 is 13.9 Å². The normalized spacial score (nSPS) is 15.0. The molecule has 3 heterocycles. The number of anilines is 1. The first-order valence-corrected chi connectivity index (χ1v) is 10.2. The molecule has 4 rings (SSSR count). The summed E-state index contributed by atoms with van der Waals surface area (Å²) in [7, 11) is 1.62. The first kappa shape index (κ1) is 20.3. The van der Waals surface area contributed by atoms with Crippen LogP contribution in [0.4, 0.5) is 10.2 Å². The number of nitrogens with one attached hydrogen (secondary N) is 1. The molecule has 1 amide bonds. The third-order valence-electron chi connectivity index (χ3n) is 5.47. The monoisotopic (exact) mass is 411 g/mol. The van der Waals surface area contributed by atoms with Gasteiger partial charge in [0.25, 0.3) is 0 Å². The van der Waals surface area contributed by atoms with Crippen LogP contribution in [0, 0.1) is 18.7 Å². The maximum atomic E-state index is 13.3. The summed E-state index contributed by atoms with van der Waals surface area (Å²) in [6.07, 6.45) is 1.57. The summed E-state index contributed by atoms with van der Waals surface area (Å²) < 4.78 is 20.1. The number of hydrogen-bond acceptors (Lipinski definition) is 5. The predicted molar refractivity (Wildman–Crippen MR) is 113 cm³/mol. The number of rotatable bonds is 6. The minimum atomic E-state index is -0.272. The number of hydrogen-bond donors (Lipinski definition) is 1. The fourth-order valence-electron chi connectivity index (χ4n) is 3.86. The highest BCUT2D eigenvalue weighted by molar-refractivity contribution is 5.79. The van der Waals surface area contributed by atoms with E-state index in [1.54, 1.807) is 19.2 Å². The van der Waals surface area contributed by atoms with Crippen LogP contribution in [0.3, 0.4) is 0 Å². The van der Waals surface area contributed by atoms with Crippen molar-refractivity contribution in [2.75, 3.05) is 38.3 Å².